The first-order chi connectivity index (χ1) is 19.2. The van der Waals surface area contributed by atoms with Crippen LogP contribution in [-0.4, -0.2) is 40.2 Å². The number of hydrogen-bond donors (Lipinski definition) is 1. The Balaban J connectivity index is 1.28. The van der Waals surface area contributed by atoms with Gasteiger partial charge in [0.2, 0.25) is 5.17 Å². The molecule has 204 valence electrons. The van der Waals surface area contributed by atoms with Gasteiger partial charge in [-0.3, -0.25) is 10.2 Å². The van der Waals surface area contributed by atoms with E-state index in [4.69, 9.17) is 38.1 Å². The molecule has 2 aliphatic heterocycles. The molecular weight excluding hydrogens is 567 g/mol. The van der Waals surface area contributed by atoms with E-state index in [2.05, 4.69) is 23.1 Å². The van der Waals surface area contributed by atoms with Crippen LogP contribution in [0.25, 0.3) is 6.08 Å². The van der Waals surface area contributed by atoms with E-state index in [1.807, 2.05) is 50.2 Å². The average Bonchev–Trinajstić information content (AvgIpc) is 3.34. The lowest BCUT2D eigenvalue weighted by Crippen LogP contribution is -2.35. The highest BCUT2D eigenvalue weighted by molar-refractivity contribution is 8.27. The Morgan fingerprint density at radius 1 is 0.975 bits per heavy atom. The highest BCUT2D eigenvalue weighted by atomic mass is 35.5. The Hall–Kier alpha value is -3.59. The summed E-state index contributed by atoms with van der Waals surface area (Å²) >= 11 is 14.2. The van der Waals surface area contributed by atoms with Gasteiger partial charge in [-0.1, -0.05) is 66.0 Å². The van der Waals surface area contributed by atoms with E-state index in [0.29, 0.717) is 28.1 Å². The second-order valence-electron chi connectivity index (χ2n) is 9.31. The molecule has 0 aromatic heterocycles. The number of rotatable bonds is 8. The van der Waals surface area contributed by atoms with Crippen molar-refractivity contribution in [1.29, 1.82) is 5.41 Å². The highest BCUT2D eigenvalue weighted by Gasteiger charge is 2.36. The summed E-state index contributed by atoms with van der Waals surface area (Å²) in [6, 6.07) is 17.3. The topological polar surface area (TPSA) is 87.3 Å². The second-order valence-corrected chi connectivity index (χ2v) is 11.1. The van der Waals surface area contributed by atoms with Crippen LogP contribution in [0.4, 0.5) is 0 Å². The van der Waals surface area contributed by atoms with Crippen LogP contribution in [0.1, 0.15) is 34.7 Å². The number of nitrogens with one attached hydrogen (secondary N) is 1. The van der Waals surface area contributed by atoms with Crippen LogP contribution in [0, 0.1) is 19.3 Å². The van der Waals surface area contributed by atoms with Gasteiger partial charge in [-0.15, -0.1) is 0 Å². The van der Waals surface area contributed by atoms with Crippen LogP contribution in [0.5, 0.6) is 11.5 Å². The molecule has 40 heavy (non-hydrogen) atoms. The van der Waals surface area contributed by atoms with Crippen molar-refractivity contribution < 1.29 is 14.3 Å². The van der Waals surface area contributed by atoms with E-state index in [0.717, 1.165) is 28.9 Å². The van der Waals surface area contributed by atoms with Crippen LogP contribution in [0.15, 0.2) is 70.3 Å². The van der Waals surface area contributed by atoms with Crippen LogP contribution < -0.4 is 9.47 Å². The predicted octanol–water partition coefficient (Wildman–Crippen LogP) is 7.30. The molecule has 1 N–H and O–H groups in total. The van der Waals surface area contributed by atoms with E-state index in [1.54, 1.807) is 12.1 Å². The van der Waals surface area contributed by atoms with Gasteiger partial charge >= 0.3 is 0 Å². The number of aryl methyl sites for hydroxylation is 3. The number of benzene rings is 3. The summed E-state index contributed by atoms with van der Waals surface area (Å²) in [6.45, 7) is 6.70. The van der Waals surface area contributed by atoms with Gasteiger partial charge in [0.15, 0.2) is 11.6 Å². The number of ether oxygens (including phenoxy) is 2. The van der Waals surface area contributed by atoms with Crippen LogP contribution in [0.3, 0.4) is 0 Å². The number of carbonyl (C=O) groups excluding carboxylic acids is 1. The SMILES string of the molecule is CCc1cc(C)cc(OCCOc2c(Cl)cc(/C=C3/C(=N)N4N=C(c5ccc(C)cc5)SC4=NC3=O)cc2Cl)c1. The third kappa shape index (κ3) is 6.09. The van der Waals surface area contributed by atoms with Gasteiger partial charge in [-0.05, 0) is 79.1 Å². The number of carbonyl (C=O) groups is 1. The lowest BCUT2D eigenvalue weighted by molar-refractivity contribution is -0.114. The Labute approximate surface area is 247 Å². The lowest BCUT2D eigenvalue weighted by Gasteiger charge is -2.20. The Morgan fingerprint density at radius 3 is 2.38 bits per heavy atom. The van der Waals surface area contributed by atoms with E-state index in [9.17, 15) is 4.79 Å². The third-order valence-electron chi connectivity index (χ3n) is 6.20. The molecule has 2 heterocycles. The van der Waals surface area contributed by atoms with Crippen LogP contribution in [-0.2, 0) is 11.2 Å². The summed E-state index contributed by atoms with van der Waals surface area (Å²) in [4.78, 5) is 17.0. The summed E-state index contributed by atoms with van der Waals surface area (Å²) in [7, 11) is 0. The monoisotopic (exact) mass is 592 g/mol. The maximum Gasteiger partial charge on any atom is 0.283 e. The van der Waals surface area contributed by atoms with E-state index in [-0.39, 0.29) is 28.1 Å². The number of aliphatic imine (C=N–C) groups is 1. The summed E-state index contributed by atoms with van der Waals surface area (Å²) in [6.07, 6.45) is 2.46. The summed E-state index contributed by atoms with van der Waals surface area (Å²) in [5, 5.41) is 16.1. The fourth-order valence-corrected chi connectivity index (χ4v) is 5.70. The minimum Gasteiger partial charge on any atom is -0.490 e. The van der Waals surface area contributed by atoms with Crippen molar-refractivity contribution in [2.45, 2.75) is 27.2 Å². The normalized spacial score (nSPS) is 15.7. The van der Waals surface area contributed by atoms with E-state index in [1.165, 1.54) is 28.4 Å². The summed E-state index contributed by atoms with van der Waals surface area (Å²) < 4.78 is 11.7. The van der Waals surface area contributed by atoms with Gasteiger partial charge in [0.25, 0.3) is 5.91 Å². The third-order valence-corrected chi connectivity index (χ3v) is 7.72. The number of hydrogen-bond acceptors (Lipinski definition) is 6. The molecule has 5 rings (SSSR count). The number of amides is 1. The van der Waals surface area contributed by atoms with Crippen molar-refractivity contribution in [3.8, 4) is 11.5 Å². The number of hydrazone groups is 1. The van der Waals surface area contributed by atoms with E-state index < -0.39 is 5.91 Å². The summed E-state index contributed by atoms with van der Waals surface area (Å²) in [5.74, 6) is 0.505. The average molecular weight is 594 g/mol. The molecule has 1 amide bonds. The van der Waals surface area contributed by atoms with Crippen molar-refractivity contribution in [3.63, 3.8) is 0 Å². The van der Waals surface area contributed by atoms with E-state index >= 15 is 0 Å². The molecule has 3 aromatic rings. The smallest absolute Gasteiger partial charge is 0.283 e. The molecule has 0 saturated carbocycles. The second kappa shape index (κ2) is 11.9. The Bertz CT molecular complexity index is 1580. The maximum atomic E-state index is 12.8. The molecule has 3 aromatic carbocycles. The maximum absolute atomic E-state index is 12.8. The van der Waals surface area contributed by atoms with Gasteiger partial charge in [-0.2, -0.15) is 15.1 Å². The molecular formula is C30H26Cl2N4O3S. The molecule has 0 spiro atoms. The summed E-state index contributed by atoms with van der Waals surface area (Å²) in [5.41, 5.74) is 4.98. The predicted molar refractivity (Wildman–Crippen MR) is 163 cm³/mol. The number of fused-ring (bicyclic) bond motifs is 1. The first-order valence-electron chi connectivity index (χ1n) is 12.6. The number of halogens is 2. The van der Waals surface area contributed by atoms with Gasteiger partial charge in [0.05, 0.1) is 15.6 Å². The molecule has 0 unspecified atom stereocenters. The zero-order chi connectivity index (χ0) is 28.4. The van der Waals surface area contributed by atoms with Crippen molar-refractivity contribution in [2.24, 2.45) is 10.1 Å². The molecule has 0 aliphatic carbocycles. The Kier molecular flexibility index (Phi) is 8.30. The van der Waals surface area contributed by atoms with Crippen LogP contribution >= 0.6 is 35.0 Å². The standard InChI is InChI=1S/C30H26Cl2N4O3S/c1-4-19-11-18(3)12-22(13-19)38-9-10-39-26-24(31)15-20(16-25(26)32)14-23-27(33)36-30(34-28(23)37)40-29(35-36)21-7-5-17(2)6-8-21/h5-8,11-16,33H,4,9-10H2,1-3H3/b23-14-,33-27?. The van der Waals surface area contributed by atoms with Crippen molar-refractivity contribution in [3.05, 3.63) is 98.0 Å². The van der Waals surface area contributed by atoms with Gasteiger partial charge in [-0.25, -0.2) is 0 Å². The largest absolute Gasteiger partial charge is 0.490 e. The molecule has 0 fully saturated rings. The highest BCUT2D eigenvalue weighted by Crippen LogP contribution is 2.36. The fraction of sp³-hybridized carbons (Fsp3) is 0.200. The van der Waals surface area contributed by atoms with Gasteiger partial charge < -0.3 is 9.47 Å². The first kappa shape index (κ1) is 28.0. The van der Waals surface area contributed by atoms with Crippen molar-refractivity contribution in [1.82, 2.24) is 5.01 Å². The number of thioether (sulfide) groups is 1. The molecule has 0 saturated heterocycles. The molecule has 10 heteroatoms. The minimum absolute atomic E-state index is 0.0725. The van der Waals surface area contributed by atoms with Gasteiger partial charge in [0.1, 0.15) is 24.0 Å². The minimum atomic E-state index is -0.531. The fourth-order valence-electron chi connectivity index (χ4n) is 4.19. The van der Waals surface area contributed by atoms with Gasteiger partial charge in [0, 0.05) is 5.56 Å². The number of nitrogens with zero attached hydrogens (tertiary/aromatic N) is 3. The Morgan fingerprint density at radius 2 is 1.68 bits per heavy atom. The molecule has 0 atom stereocenters. The molecule has 0 radical (unpaired) electrons. The zero-order valence-electron chi connectivity index (χ0n) is 22.1. The lowest BCUT2D eigenvalue weighted by atomic mass is 10.1. The van der Waals surface area contributed by atoms with Crippen molar-refractivity contribution >= 4 is 63.0 Å². The first-order valence-corrected chi connectivity index (χ1v) is 14.2. The quantitative estimate of drug-likeness (QED) is 0.219. The molecule has 7 nitrogen and oxygen atoms in total. The molecule has 0 bridgehead atoms. The molecule has 2 aliphatic rings. The van der Waals surface area contributed by atoms with Crippen molar-refractivity contribution in [2.75, 3.05) is 13.2 Å². The zero-order valence-corrected chi connectivity index (χ0v) is 24.5. The number of amidine groups is 2. The van der Waals surface area contributed by atoms with Crippen LogP contribution in [0.2, 0.25) is 10.0 Å².